The van der Waals surface area contributed by atoms with Crippen LogP contribution in [0.2, 0.25) is 0 Å². The number of nitrogens with one attached hydrogen (secondary N) is 1. The second kappa shape index (κ2) is 3.35. The monoisotopic (exact) mass is 266 g/mol. The second-order valence-electron chi connectivity index (χ2n) is 4.58. The molecule has 0 radical (unpaired) electrons. The molecule has 0 unspecified atom stereocenters. The van der Waals surface area contributed by atoms with Crippen LogP contribution in [0.5, 0.6) is 0 Å². The summed E-state index contributed by atoms with van der Waals surface area (Å²) in [5.74, 6) is 0. The summed E-state index contributed by atoms with van der Waals surface area (Å²) in [5, 5.41) is 1.19. The molecule has 0 saturated heterocycles. The molecule has 2 nitrogen and oxygen atoms in total. The van der Waals surface area contributed by atoms with Gasteiger partial charge in [-0.05, 0) is 48.3 Å². The molecule has 0 spiro atoms. The topological polar surface area (TPSA) is 41.8 Å². The van der Waals surface area contributed by atoms with Gasteiger partial charge in [0.25, 0.3) is 0 Å². The Morgan fingerprint density at radius 3 is 2.60 bits per heavy atom. The van der Waals surface area contributed by atoms with Gasteiger partial charge in [-0.3, -0.25) is 0 Å². The number of H-pyrrole nitrogens is 1. The van der Waals surface area contributed by atoms with Crippen molar-refractivity contribution in [2.75, 3.05) is 0 Å². The largest absolute Gasteiger partial charge is 0.356 e. The molecule has 1 aromatic heterocycles. The molecule has 15 heavy (non-hydrogen) atoms. The van der Waals surface area contributed by atoms with Crippen molar-refractivity contribution in [1.29, 1.82) is 0 Å². The van der Waals surface area contributed by atoms with E-state index in [0.29, 0.717) is 0 Å². The highest BCUT2D eigenvalue weighted by atomic mass is 79.9. The first-order valence-corrected chi connectivity index (χ1v) is 5.76. The maximum atomic E-state index is 6.10. The number of halogens is 1. The summed E-state index contributed by atoms with van der Waals surface area (Å²) < 4.78 is 1.07. The van der Waals surface area contributed by atoms with E-state index in [1.54, 1.807) is 0 Å². The minimum Gasteiger partial charge on any atom is -0.356 e. The Morgan fingerprint density at radius 1 is 1.33 bits per heavy atom. The molecule has 0 atom stereocenters. The van der Waals surface area contributed by atoms with Crippen LogP contribution in [0.25, 0.3) is 10.9 Å². The molecule has 1 aromatic carbocycles. The van der Waals surface area contributed by atoms with E-state index in [-0.39, 0.29) is 5.54 Å². The van der Waals surface area contributed by atoms with Gasteiger partial charge >= 0.3 is 0 Å². The highest BCUT2D eigenvalue weighted by Crippen LogP contribution is 2.33. The van der Waals surface area contributed by atoms with E-state index in [2.05, 4.69) is 46.0 Å². The SMILES string of the molecule is Cc1ccc2c(Br)c(C(C)(C)N)[nH]c2c1. The summed E-state index contributed by atoms with van der Waals surface area (Å²) in [6.45, 7) is 6.08. The van der Waals surface area contributed by atoms with Gasteiger partial charge in [0.15, 0.2) is 0 Å². The summed E-state index contributed by atoms with van der Waals surface area (Å²) in [6.07, 6.45) is 0. The lowest BCUT2D eigenvalue weighted by Crippen LogP contribution is -2.29. The summed E-state index contributed by atoms with van der Waals surface area (Å²) in [4.78, 5) is 3.37. The van der Waals surface area contributed by atoms with Crippen molar-refractivity contribution in [3.8, 4) is 0 Å². The average Bonchev–Trinajstić information content (AvgIpc) is 2.42. The van der Waals surface area contributed by atoms with Gasteiger partial charge in [-0.2, -0.15) is 0 Å². The molecule has 3 N–H and O–H groups in total. The van der Waals surface area contributed by atoms with Crippen molar-refractivity contribution in [2.45, 2.75) is 26.3 Å². The molecule has 80 valence electrons. The van der Waals surface area contributed by atoms with Crippen LogP contribution in [0.15, 0.2) is 22.7 Å². The Hall–Kier alpha value is -0.800. The lowest BCUT2D eigenvalue weighted by atomic mass is 10.0. The maximum absolute atomic E-state index is 6.10. The normalized spacial score (nSPS) is 12.3. The number of aromatic amines is 1. The van der Waals surface area contributed by atoms with Crippen LogP contribution in [0.3, 0.4) is 0 Å². The minimum atomic E-state index is -0.355. The van der Waals surface area contributed by atoms with Crippen LogP contribution in [0.4, 0.5) is 0 Å². The Kier molecular flexibility index (Phi) is 2.40. The molecule has 0 amide bonds. The van der Waals surface area contributed by atoms with E-state index in [4.69, 9.17) is 5.73 Å². The number of aromatic nitrogens is 1. The molecule has 0 aliphatic carbocycles. The molecule has 0 fully saturated rings. The number of benzene rings is 1. The standard InChI is InChI=1S/C12H15BrN2/c1-7-4-5-8-9(6-7)15-11(10(8)13)12(2,3)14/h4-6,15H,14H2,1-3H3. The fraction of sp³-hybridized carbons (Fsp3) is 0.333. The van der Waals surface area contributed by atoms with Crippen molar-refractivity contribution in [1.82, 2.24) is 4.98 Å². The van der Waals surface area contributed by atoms with E-state index in [0.717, 1.165) is 15.7 Å². The molecule has 3 heteroatoms. The first-order chi connectivity index (χ1) is 6.89. The predicted molar refractivity (Wildman–Crippen MR) is 67.9 cm³/mol. The van der Waals surface area contributed by atoms with Crippen molar-refractivity contribution >= 4 is 26.8 Å². The van der Waals surface area contributed by atoms with E-state index < -0.39 is 0 Å². The van der Waals surface area contributed by atoms with Gasteiger partial charge in [0.1, 0.15) is 0 Å². The number of aryl methyl sites for hydroxylation is 1. The van der Waals surface area contributed by atoms with Gasteiger partial charge in [0.2, 0.25) is 0 Å². The number of hydrogen-bond acceptors (Lipinski definition) is 1. The van der Waals surface area contributed by atoms with E-state index >= 15 is 0 Å². The smallest absolute Gasteiger partial charge is 0.0516 e. The Labute approximate surface area is 98.0 Å². The van der Waals surface area contributed by atoms with E-state index in [1.807, 2.05) is 13.8 Å². The van der Waals surface area contributed by atoms with Crippen molar-refractivity contribution in [2.24, 2.45) is 5.73 Å². The fourth-order valence-electron chi connectivity index (χ4n) is 1.72. The van der Waals surface area contributed by atoms with E-state index in [9.17, 15) is 0 Å². The van der Waals surface area contributed by atoms with Crippen LogP contribution in [-0.2, 0) is 5.54 Å². The van der Waals surface area contributed by atoms with Gasteiger partial charge in [0.05, 0.1) is 5.54 Å². The van der Waals surface area contributed by atoms with Gasteiger partial charge in [-0.25, -0.2) is 0 Å². The number of rotatable bonds is 1. The van der Waals surface area contributed by atoms with Crippen LogP contribution < -0.4 is 5.73 Å². The zero-order valence-electron chi connectivity index (χ0n) is 9.19. The number of hydrogen-bond donors (Lipinski definition) is 2. The molecule has 0 saturated carbocycles. The molecular weight excluding hydrogens is 252 g/mol. The van der Waals surface area contributed by atoms with E-state index in [1.165, 1.54) is 10.9 Å². The highest BCUT2D eigenvalue weighted by molar-refractivity contribution is 9.10. The third kappa shape index (κ3) is 1.82. The summed E-state index contributed by atoms with van der Waals surface area (Å²) in [7, 11) is 0. The zero-order chi connectivity index (χ0) is 11.2. The van der Waals surface area contributed by atoms with Gasteiger partial charge in [-0.1, -0.05) is 12.1 Å². The van der Waals surface area contributed by atoms with Crippen molar-refractivity contribution < 1.29 is 0 Å². The third-order valence-electron chi connectivity index (χ3n) is 2.54. The predicted octanol–water partition coefficient (Wildman–Crippen LogP) is 3.43. The molecular formula is C12H15BrN2. The van der Waals surface area contributed by atoms with Crippen LogP contribution >= 0.6 is 15.9 Å². The van der Waals surface area contributed by atoms with Crippen molar-refractivity contribution in [3.05, 3.63) is 33.9 Å². The molecule has 2 aromatic rings. The highest BCUT2D eigenvalue weighted by Gasteiger charge is 2.21. The van der Waals surface area contributed by atoms with Gasteiger partial charge < -0.3 is 10.7 Å². The molecule has 0 bridgehead atoms. The van der Waals surface area contributed by atoms with Gasteiger partial charge in [0, 0.05) is 21.1 Å². The Balaban J connectivity index is 2.75. The molecule has 2 rings (SSSR count). The second-order valence-corrected chi connectivity index (χ2v) is 5.38. The summed E-state index contributed by atoms with van der Waals surface area (Å²) >= 11 is 3.60. The molecule has 1 heterocycles. The zero-order valence-corrected chi connectivity index (χ0v) is 10.8. The Morgan fingerprint density at radius 2 is 2.00 bits per heavy atom. The first kappa shape index (κ1) is 10.7. The molecule has 0 aliphatic rings. The quantitative estimate of drug-likeness (QED) is 0.816. The van der Waals surface area contributed by atoms with Gasteiger partial charge in [-0.15, -0.1) is 0 Å². The average molecular weight is 267 g/mol. The van der Waals surface area contributed by atoms with Crippen LogP contribution in [-0.4, -0.2) is 4.98 Å². The molecule has 0 aliphatic heterocycles. The first-order valence-electron chi connectivity index (χ1n) is 4.97. The Bertz CT molecular complexity index is 506. The lowest BCUT2D eigenvalue weighted by Gasteiger charge is -2.17. The van der Waals surface area contributed by atoms with Crippen molar-refractivity contribution in [3.63, 3.8) is 0 Å². The van der Waals surface area contributed by atoms with Crippen LogP contribution in [0.1, 0.15) is 25.1 Å². The van der Waals surface area contributed by atoms with Crippen LogP contribution in [0, 0.1) is 6.92 Å². The third-order valence-corrected chi connectivity index (χ3v) is 3.36. The number of fused-ring (bicyclic) bond motifs is 1. The maximum Gasteiger partial charge on any atom is 0.0516 e. The lowest BCUT2D eigenvalue weighted by molar-refractivity contribution is 0.537. The summed E-state index contributed by atoms with van der Waals surface area (Å²) in [5.41, 5.74) is 9.17. The summed E-state index contributed by atoms with van der Waals surface area (Å²) in [6, 6.07) is 6.35. The number of nitrogens with two attached hydrogens (primary N) is 1. The fourth-order valence-corrected chi connectivity index (χ4v) is 2.68. The minimum absolute atomic E-state index is 0.355.